The minimum atomic E-state index is -0.0333. The standard InChI is InChI=1S/C14H14INO/c1-10(16)13-7-2-3-8-14(13)17-12-6-4-5-11(15)9-12/h2-10H,16H2,1H3/t10-/m0/s1. The van der Waals surface area contributed by atoms with Gasteiger partial charge in [-0.1, -0.05) is 24.3 Å². The maximum Gasteiger partial charge on any atom is 0.132 e. The van der Waals surface area contributed by atoms with Gasteiger partial charge in [0.25, 0.3) is 0 Å². The average molecular weight is 339 g/mol. The maximum absolute atomic E-state index is 5.92. The third-order valence-electron chi connectivity index (χ3n) is 2.43. The van der Waals surface area contributed by atoms with Gasteiger partial charge < -0.3 is 10.5 Å². The summed E-state index contributed by atoms with van der Waals surface area (Å²) >= 11 is 2.27. The summed E-state index contributed by atoms with van der Waals surface area (Å²) in [4.78, 5) is 0. The van der Waals surface area contributed by atoms with Gasteiger partial charge >= 0.3 is 0 Å². The summed E-state index contributed by atoms with van der Waals surface area (Å²) in [6, 6.07) is 15.8. The molecule has 0 bridgehead atoms. The zero-order valence-electron chi connectivity index (χ0n) is 9.56. The van der Waals surface area contributed by atoms with Crippen LogP contribution in [-0.2, 0) is 0 Å². The third kappa shape index (κ3) is 3.20. The molecule has 2 rings (SSSR count). The highest BCUT2D eigenvalue weighted by Crippen LogP contribution is 2.29. The molecule has 0 unspecified atom stereocenters. The van der Waals surface area contributed by atoms with Crippen molar-refractivity contribution in [1.29, 1.82) is 0 Å². The van der Waals surface area contributed by atoms with E-state index in [1.165, 1.54) is 0 Å². The Balaban J connectivity index is 2.30. The normalized spacial score (nSPS) is 12.2. The lowest BCUT2D eigenvalue weighted by Gasteiger charge is -2.13. The number of hydrogen-bond acceptors (Lipinski definition) is 2. The highest BCUT2D eigenvalue weighted by atomic mass is 127. The van der Waals surface area contributed by atoms with Gasteiger partial charge in [-0.3, -0.25) is 0 Å². The van der Waals surface area contributed by atoms with Crippen molar-refractivity contribution in [1.82, 2.24) is 0 Å². The first-order chi connectivity index (χ1) is 8.16. The van der Waals surface area contributed by atoms with Crippen LogP contribution < -0.4 is 10.5 Å². The third-order valence-corrected chi connectivity index (χ3v) is 3.10. The van der Waals surface area contributed by atoms with Gasteiger partial charge in [-0.25, -0.2) is 0 Å². The van der Waals surface area contributed by atoms with E-state index in [0.717, 1.165) is 20.6 Å². The van der Waals surface area contributed by atoms with Crippen LogP contribution in [0.1, 0.15) is 18.5 Å². The minimum Gasteiger partial charge on any atom is -0.457 e. The molecular formula is C14H14INO. The Bertz CT molecular complexity index is 511. The molecule has 0 aromatic heterocycles. The highest BCUT2D eigenvalue weighted by molar-refractivity contribution is 14.1. The van der Waals surface area contributed by atoms with Gasteiger partial charge in [-0.15, -0.1) is 0 Å². The lowest BCUT2D eigenvalue weighted by atomic mass is 10.1. The molecular weight excluding hydrogens is 325 g/mol. The first-order valence-electron chi connectivity index (χ1n) is 5.45. The van der Waals surface area contributed by atoms with Crippen LogP contribution in [0.3, 0.4) is 0 Å². The lowest BCUT2D eigenvalue weighted by Crippen LogP contribution is -2.06. The molecule has 1 atom stereocenters. The molecule has 3 heteroatoms. The van der Waals surface area contributed by atoms with Gasteiger partial charge in [0.2, 0.25) is 0 Å². The van der Waals surface area contributed by atoms with E-state index in [4.69, 9.17) is 10.5 Å². The first kappa shape index (κ1) is 12.4. The molecule has 0 fully saturated rings. The molecule has 17 heavy (non-hydrogen) atoms. The molecule has 0 amide bonds. The minimum absolute atomic E-state index is 0.0333. The second-order valence-corrected chi connectivity index (χ2v) is 5.13. The molecule has 2 aromatic carbocycles. The molecule has 0 aliphatic carbocycles. The number of nitrogens with two attached hydrogens (primary N) is 1. The largest absolute Gasteiger partial charge is 0.457 e. The van der Waals surface area contributed by atoms with Crippen molar-refractivity contribution in [3.8, 4) is 11.5 Å². The quantitative estimate of drug-likeness (QED) is 0.855. The zero-order chi connectivity index (χ0) is 12.3. The predicted molar refractivity (Wildman–Crippen MR) is 78.3 cm³/mol. The fourth-order valence-electron chi connectivity index (χ4n) is 1.61. The summed E-state index contributed by atoms with van der Waals surface area (Å²) in [5.41, 5.74) is 6.94. The lowest BCUT2D eigenvalue weighted by molar-refractivity contribution is 0.472. The van der Waals surface area contributed by atoms with Crippen LogP contribution in [0.25, 0.3) is 0 Å². The van der Waals surface area contributed by atoms with Gasteiger partial charge in [-0.05, 0) is 53.8 Å². The van der Waals surface area contributed by atoms with Crippen LogP contribution in [0.15, 0.2) is 48.5 Å². The van der Waals surface area contributed by atoms with Crippen molar-refractivity contribution in [2.24, 2.45) is 5.73 Å². The Labute approximate surface area is 115 Å². The molecule has 0 saturated carbocycles. The van der Waals surface area contributed by atoms with Crippen LogP contribution in [0.4, 0.5) is 0 Å². The molecule has 0 aliphatic rings. The SMILES string of the molecule is C[C@H](N)c1ccccc1Oc1cccc(I)c1. The number of para-hydroxylation sites is 1. The molecule has 0 aliphatic heterocycles. The Morgan fingerprint density at radius 3 is 2.59 bits per heavy atom. The highest BCUT2D eigenvalue weighted by Gasteiger charge is 2.07. The second-order valence-electron chi connectivity index (χ2n) is 3.89. The molecule has 88 valence electrons. The van der Waals surface area contributed by atoms with Crippen LogP contribution in [0, 0.1) is 3.57 Å². The molecule has 0 heterocycles. The zero-order valence-corrected chi connectivity index (χ0v) is 11.7. The van der Waals surface area contributed by atoms with Crippen molar-refractivity contribution in [3.63, 3.8) is 0 Å². The van der Waals surface area contributed by atoms with E-state index < -0.39 is 0 Å². The molecule has 0 saturated heterocycles. The Hall–Kier alpha value is -1.07. The number of benzene rings is 2. The van der Waals surface area contributed by atoms with Crippen LogP contribution in [0.2, 0.25) is 0 Å². The monoisotopic (exact) mass is 339 g/mol. The summed E-state index contributed by atoms with van der Waals surface area (Å²) in [5.74, 6) is 1.66. The van der Waals surface area contributed by atoms with E-state index in [1.54, 1.807) is 0 Å². The van der Waals surface area contributed by atoms with E-state index >= 15 is 0 Å². The topological polar surface area (TPSA) is 35.2 Å². The summed E-state index contributed by atoms with van der Waals surface area (Å²) in [6.45, 7) is 1.96. The molecule has 2 aromatic rings. The van der Waals surface area contributed by atoms with Gasteiger partial charge in [0, 0.05) is 15.2 Å². The number of ether oxygens (including phenoxy) is 1. The fraction of sp³-hybridized carbons (Fsp3) is 0.143. The summed E-state index contributed by atoms with van der Waals surface area (Å²) < 4.78 is 7.02. The number of rotatable bonds is 3. The van der Waals surface area contributed by atoms with Crippen molar-refractivity contribution in [3.05, 3.63) is 57.7 Å². The van der Waals surface area contributed by atoms with E-state index in [2.05, 4.69) is 22.6 Å². The summed E-state index contributed by atoms with van der Waals surface area (Å²) in [5, 5.41) is 0. The first-order valence-corrected chi connectivity index (χ1v) is 6.52. The average Bonchev–Trinajstić information content (AvgIpc) is 2.29. The molecule has 0 radical (unpaired) electrons. The second kappa shape index (κ2) is 5.51. The van der Waals surface area contributed by atoms with Crippen LogP contribution >= 0.6 is 22.6 Å². The fourth-order valence-corrected chi connectivity index (χ4v) is 2.12. The smallest absolute Gasteiger partial charge is 0.132 e. The van der Waals surface area contributed by atoms with Crippen molar-refractivity contribution in [2.45, 2.75) is 13.0 Å². The van der Waals surface area contributed by atoms with Gasteiger partial charge in [0.15, 0.2) is 0 Å². The van der Waals surface area contributed by atoms with E-state index in [9.17, 15) is 0 Å². The van der Waals surface area contributed by atoms with Gasteiger partial charge in [-0.2, -0.15) is 0 Å². The summed E-state index contributed by atoms with van der Waals surface area (Å²) in [7, 11) is 0. The van der Waals surface area contributed by atoms with E-state index in [1.807, 2.05) is 55.5 Å². The van der Waals surface area contributed by atoms with Crippen molar-refractivity contribution < 1.29 is 4.74 Å². The van der Waals surface area contributed by atoms with E-state index in [0.29, 0.717) is 0 Å². The predicted octanol–water partition coefficient (Wildman–Crippen LogP) is 4.10. The van der Waals surface area contributed by atoms with Gasteiger partial charge in [0.05, 0.1) is 0 Å². The molecule has 2 N–H and O–H groups in total. The van der Waals surface area contributed by atoms with Crippen molar-refractivity contribution in [2.75, 3.05) is 0 Å². The Kier molecular flexibility index (Phi) is 4.02. The number of halogens is 1. The molecule has 2 nitrogen and oxygen atoms in total. The van der Waals surface area contributed by atoms with Crippen LogP contribution in [0.5, 0.6) is 11.5 Å². The van der Waals surface area contributed by atoms with Crippen molar-refractivity contribution >= 4 is 22.6 Å². The number of hydrogen-bond donors (Lipinski definition) is 1. The van der Waals surface area contributed by atoms with Crippen LogP contribution in [-0.4, -0.2) is 0 Å². The van der Waals surface area contributed by atoms with E-state index in [-0.39, 0.29) is 6.04 Å². The summed E-state index contributed by atoms with van der Waals surface area (Å²) in [6.07, 6.45) is 0. The maximum atomic E-state index is 5.92. The van der Waals surface area contributed by atoms with Gasteiger partial charge in [0.1, 0.15) is 11.5 Å². The Morgan fingerprint density at radius 2 is 1.88 bits per heavy atom. The molecule has 0 spiro atoms. The Morgan fingerprint density at radius 1 is 1.12 bits per heavy atom.